The van der Waals surface area contributed by atoms with Gasteiger partial charge in [-0.25, -0.2) is 0 Å². The van der Waals surface area contributed by atoms with Crippen LogP contribution in [0.2, 0.25) is 0 Å². The van der Waals surface area contributed by atoms with Crippen molar-refractivity contribution in [2.45, 2.75) is 19.9 Å². The summed E-state index contributed by atoms with van der Waals surface area (Å²) in [4.78, 5) is 19.2. The van der Waals surface area contributed by atoms with Gasteiger partial charge in [-0.15, -0.1) is 0 Å². The van der Waals surface area contributed by atoms with Crippen LogP contribution in [0.15, 0.2) is 30.3 Å². The molecule has 23 heavy (non-hydrogen) atoms. The molecule has 3 rings (SSSR count). The predicted molar refractivity (Wildman–Crippen MR) is 93.2 cm³/mol. The minimum Gasteiger partial charge on any atom is -0.342 e. The Labute approximate surface area is 140 Å². The molecule has 0 aliphatic carbocycles. The molecule has 2 heterocycles. The van der Waals surface area contributed by atoms with E-state index in [2.05, 4.69) is 61.0 Å². The van der Waals surface area contributed by atoms with Crippen LogP contribution < -0.4 is 0 Å². The van der Waals surface area contributed by atoms with Gasteiger partial charge < -0.3 is 4.90 Å². The Morgan fingerprint density at radius 1 is 1.13 bits per heavy atom. The third-order valence-corrected chi connectivity index (χ3v) is 5.59. The number of likely N-dealkylation sites (tertiary alicyclic amines) is 2. The molecule has 3 atom stereocenters. The van der Waals surface area contributed by atoms with Gasteiger partial charge in [-0.1, -0.05) is 30.3 Å². The van der Waals surface area contributed by atoms with Gasteiger partial charge in [0.2, 0.25) is 5.91 Å². The summed E-state index contributed by atoms with van der Waals surface area (Å²) >= 11 is 0. The first-order valence-corrected chi connectivity index (χ1v) is 8.89. The summed E-state index contributed by atoms with van der Waals surface area (Å²) in [5.41, 5.74) is 1.42. The second kappa shape index (κ2) is 7.02. The number of amides is 1. The molecule has 0 bridgehead atoms. The number of hydrogen-bond acceptors (Lipinski definition) is 3. The molecule has 4 heteroatoms. The first kappa shape index (κ1) is 16.5. The minimum absolute atomic E-state index is 0.277. The normalized spacial score (nSPS) is 28.0. The van der Waals surface area contributed by atoms with Crippen LogP contribution in [0, 0.1) is 11.8 Å². The highest BCUT2D eigenvalue weighted by atomic mass is 16.2. The predicted octanol–water partition coefficient (Wildman–Crippen LogP) is 2.09. The van der Waals surface area contributed by atoms with Gasteiger partial charge in [0.15, 0.2) is 0 Å². The maximum absolute atomic E-state index is 12.4. The van der Waals surface area contributed by atoms with Crippen molar-refractivity contribution in [1.82, 2.24) is 14.7 Å². The van der Waals surface area contributed by atoms with E-state index in [4.69, 9.17) is 0 Å². The minimum atomic E-state index is 0.277. The third-order valence-electron chi connectivity index (χ3n) is 5.59. The molecule has 0 N–H and O–H groups in total. The van der Waals surface area contributed by atoms with Crippen molar-refractivity contribution in [3.05, 3.63) is 35.9 Å². The van der Waals surface area contributed by atoms with E-state index in [1.165, 1.54) is 5.56 Å². The third kappa shape index (κ3) is 3.29. The Morgan fingerprint density at radius 3 is 2.48 bits per heavy atom. The van der Waals surface area contributed by atoms with Crippen molar-refractivity contribution in [3.63, 3.8) is 0 Å². The summed E-state index contributed by atoms with van der Waals surface area (Å²) in [6.07, 6.45) is 0. The second-order valence-electron chi connectivity index (χ2n) is 6.98. The van der Waals surface area contributed by atoms with Crippen LogP contribution in [-0.2, 0) is 4.79 Å². The summed E-state index contributed by atoms with van der Waals surface area (Å²) in [7, 11) is 2.24. The molecular weight excluding hydrogens is 286 g/mol. The Hall–Kier alpha value is -1.39. The maximum atomic E-state index is 12.4. The van der Waals surface area contributed by atoms with Gasteiger partial charge >= 0.3 is 0 Å². The molecule has 4 nitrogen and oxygen atoms in total. The molecule has 126 valence electrons. The van der Waals surface area contributed by atoms with Crippen molar-refractivity contribution in [1.29, 1.82) is 0 Å². The summed E-state index contributed by atoms with van der Waals surface area (Å²) in [5, 5.41) is 0. The summed E-state index contributed by atoms with van der Waals surface area (Å²) in [5.74, 6) is 1.61. The number of rotatable bonds is 5. The zero-order valence-electron chi connectivity index (χ0n) is 14.6. The van der Waals surface area contributed by atoms with E-state index in [1.807, 2.05) is 4.90 Å². The van der Waals surface area contributed by atoms with E-state index >= 15 is 0 Å². The van der Waals surface area contributed by atoms with Crippen molar-refractivity contribution in [2.24, 2.45) is 11.8 Å². The van der Waals surface area contributed by atoms with Crippen LogP contribution >= 0.6 is 0 Å². The number of nitrogens with zero attached hydrogens (tertiary/aromatic N) is 3. The summed E-state index contributed by atoms with van der Waals surface area (Å²) in [6, 6.07) is 11.3. The topological polar surface area (TPSA) is 26.8 Å². The van der Waals surface area contributed by atoms with Crippen molar-refractivity contribution >= 4 is 5.91 Å². The smallest absolute Gasteiger partial charge is 0.236 e. The number of benzene rings is 1. The van der Waals surface area contributed by atoms with Crippen LogP contribution in [0.5, 0.6) is 0 Å². The highest BCUT2D eigenvalue weighted by molar-refractivity contribution is 5.78. The molecule has 0 unspecified atom stereocenters. The van der Waals surface area contributed by atoms with E-state index in [0.29, 0.717) is 24.4 Å². The largest absolute Gasteiger partial charge is 0.342 e. The Balaban J connectivity index is 1.66. The SMILES string of the molecule is CCN(CC)C(=O)CN1C[C@@H]2CN(C)[C@@H](c3ccccc3)[C@@H]2C1. The van der Waals surface area contributed by atoms with Gasteiger partial charge in [-0.2, -0.15) is 0 Å². The monoisotopic (exact) mass is 315 g/mol. The van der Waals surface area contributed by atoms with Crippen LogP contribution in [0.25, 0.3) is 0 Å². The van der Waals surface area contributed by atoms with Gasteiger partial charge in [-0.3, -0.25) is 14.6 Å². The second-order valence-corrected chi connectivity index (χ2v) is 6.98. The van der Waals surface area contributed by atoms with E-state index < -0.39 is 0 Å². The molecule has 0 aromatic heterocycles. The first-order valence-electron chi connectivity index (χ1n) is 8.89. The summed E-state index contributed by atoms with van der Waals surface area (Å²) in [6.45, 7) is 9.56. The molecule has 0 spiro atoms. The molecule has 1 aromatic rings. The fourth-order valence-corrected chi connectivity index (χ4v) is 4.50. The molecular formula is C19H29N3O. The van der Waals surface area contributed by atoms with Gasteiger partial charge in [0.25, 0.3) is 0 Å². The molecule has 2 fully saturated rings. The van der Waals surface area contributed by atoms with Crippen LogP contribution in [0.3, 0.4) is 0 Å². The molecule has 1 aromatic carbocycles. The zero-order chi connectivity index (χ0) is 16.4. The van der Waals surface area contributed by atoms with Gasteiger partial charge in [-0.05, 0) is 38.3 Å². The Kier molecular flexibility index (Phi) is 5.02. The van der Waals surface area contributed by atoms with Crippen molar-refractivity contribution in [3.8, 4) is 0 Å². The number of carbonyl (C=O) groups excluding carboxylic acids is 1. The summed E-state index contributed by atoms with van der Waals surface area (Å²) < 4.78 is 0. The molecule has 0 saturated carbocycles. The van der Waals surface area contributed by atoms with Crippen molar-refractivity contribution < 1.29 is 4.79 Å². The van der Waals surface area contributed by atoms with E-state index in [9.17, 15) is 4.79 Å². The van der Waals surface area contributed by atoms with Gasteiger partial charge in [0.05, 0.1) is 6.54 Å². The number of hydrogen-bond donors (Lipinski definition) is 0. The maximum Gasteiger partial charge on any atom is 0.236 e. The lowest BCUT2D eigenvalue weighted by molar-refractivity contribution is -0.131. The fraction of sp³-hybridized carbons (Fsp3) is 0.632. The number of fused-ring (bicyclic) bond motifs is 1. The number of carbonyl (C=O) groups is 1. The molecule has 1 amide bonds. The van der Waals surface area contributed by atoms with Gasteiger partial charge in [0, 0.05) is 38.8 Å². The van der Waals surface area contributed by atoms with Crippen LogP contribution in [0.1, 0.15) is 25.5 Å². The molecule has 0 radical (unpaired) electrons. The van der Waals surface area contributed by atoms with E-state index in [1.54, 1.807) is 0 Å². The first-order chi connectivity index (χ1) is 11.1. The van der Waals surface area contributed by atoms with Crippen LogP contribution in [0.4, 0.5) is 0 Å². The lowest BCUT2D eigenvalue weighted by Crippen LogP contribution is -2.40. The average molecular weight is 315 g/mol. The van der Waals surface area contributed by atoms with Gasteiger partial charge in [0.1, 0.15) is 0 Å². The average Bonchev–Trinajstić information content (AvgIpc) is 3.04. The molecule has 2 aliphatic heterocycles. The molecule has 2 saturated heterocycles. The Morgan fingerprint density at radius 2 is 1.83 bits per heavy atom. The van der Waals surface area contributed by atoms with E-state index in [-0.39, 0.29) is 5.91 Å². The fourth-order valence-electron chi connectivity index (χ4n) is 4.50. The zero-order valence-corrected chi connectivity index (χ0v) is 14.6. The Bertz CT molecular complexity index is 529. The van der Waals surface area contributed by atoms with E-state index in [0.717, 1.165) is 32.7 Å². The quantitative estimate of drug-likeness (QED) is 0.832. The van der Waals surface area contributed by atoms with Crippen LogP contribution in [-0.4, -0.2) is 66.9 Å². The highest BCUT2D eigenvalue weighted by Gasteiger charge is 2.46. The van der Waals surface area contributed by atoms with Crippen molar-refractivity contribution in [2.75, 3.05) is 46.3 Å². The lowest BCUT2D eigenvalue weighted by atomic mass is 9.90. The lowest BCUT2D eigenvalue weighted by Gasteiger charge is -2.27. The highest BCUT2D eigenvalue weighted by Crippen LogP contribution is 2.43. The number of likely N-dealkylation sites (N-methyl/N-ethyl adjacent to an activating group) is 1. The standard InChI is InChI=1S/C19H29N3O/c1-4-22(5-2)18(23)14-21-12-16-11-20(3)19(17(16)13-21)15-9-7-6-8-10-15/h6-10,16-17,19H,4-5,11-14H2,1-3H3/t16-,17+,19-/m0/s1. The molecule has 2 aliphatic rings.